The first-order valence-corrected chi connectivity index (χ1v) is 4.97. The summed E-state index contributed by atoms with van der Waals surface area (Å²) in [7, 11) is 1.61. The van der Waals surface area contributed by atoms with Gasteiger partial charge in [-0.1, -0.05) is 0 Å². The number of ether oxygens (including phenoxy) is 3. The Labute approximate surface area is 88.9 Å². The number of nitrogen functional groups attached to an aromatic ring is 1. The topological polar surface area (TPSA) is 53.7 Å². The number of methoxy groups -OCH3 is 1. The molecule has 1 saturated heterocycles. The van der Waals surface area contributed by atoms with Crippen LogP contribution in [-0.4, -0.2) is 26.4 Å². The molecule has 0 bridgehead atoms. The predicted molar refractivity (Wildman–Crippen MR) is 57.3 cm³/mol. The molecule has 1 atom stereocenters. The highest BCUT2D eigenvalue weighted by Crippen LogP contribution is 2.28. The Balaban J connectivity index is 2.07. The van der Waals surface area contributed by atoms with Crippen LogP contribution in [0.25, 0.3) is 0 Å². The van der Waals surface area contributed by atoms with Crippen molar-refractivity contribution in [1.29, 1.82) is 0 Å². The highest BCUT2D eigenvalue weighted by Gasteiger charge is 2.18. The number of nitrogens with two attached hydrogens (primary N) is 1. The molecule has 0 aromatic heterocycles. The van der Waals surface area contributed by atoms with Gasteiger partial charge in [0, 0.05) is 12.5 Å². The van der Waals surface area contributed by atoms with Gasteiger partial charge in [0.2, 0.25) is 0 Å². The summed E-state index contributed by atoms with van der Waals surface area (Å²) in [6.45, 7) is 1.41. The predicted octanol–water partition coefficient (Wildman–Crippen LogP) is 1.45. The summed E-state index contributed by atoms with van der Waals surface area (Å²) in [6, 6.07) is 5.42. The van der Waals surface area contributed by atoms with Crippen LogP contribution in [0.5, 0.6) is 11.5 Å². The lowest BCUT2D eigenvalue weighted by molar-refractivity contribution is 0.142. The third kappa shape index (κ3) is 2.33. The first kappa shape index (κ1) is 10.1. The van der Waals surface area contributed by atoms with Crippen molar-refractivity contribution in [2.24, 2.45) is 0 Å². The van der Waals surface area contributed by atoms with Crippen LogP contribution in [0.2, 0.25) is 0 Å². The van der Waals surface area contributed by atoms with Gasteiger partial charge in [0.1, 0.15) is 17.6 Å². The maximum atomic E-state index is 5.83. The minimum absolute atomic E-state index is 0.126. The minimum Gasteiger partial charge on any atom is -0.497 e. The van der Waals surface area contributed by atoms with Gasteiger partial charge in [0.15, 0.2) is 0 Å². The van der Waals surface area contributed by atoms with Crippen molar-refractivity contribution >= 4 is 5.69 Å². The molecule has 0 spiro atoms. The van der Waals surface area contributed by atoms with E-state index < -0.39 is 0 Å². The van der Waals surface area contributed by atoms with Crippen molar-refractivity contribution in [3.63, 3.8) is 0 Å². The molecular formula is C11H15NO3. The Kier molecular flexibility index (Phi) is 2.97. The molecule has 0 radical (unpaired) electrons. The van der Waals surface area contributed by atoms with Crippen molar-refractivity contribution < 1.29 is 14.2 Å². The molecular weight excluding hydrogens is 194 g/mol. The van der Waals surface area contributed by atoms with E-state index in [1.54, 1.807) is 13.2 Å². The third-order valence-corrected chi connectivity index (χ3v) is 2.40. The highest BCUT2D eigenvalue weighted by molar-refractivity contribution is 5.56. The van der Waals surface area contributed by atoms with Crippen molar-refractivity contribution in [2.75, 3.05) is 26.1 Å². The van der Waals surface area contributed by atoms with Crippen molar-refractivity contribution in [2.45, 2.75) is 12.5 Å². The number of anilines is 1. The van der Waals surface area contributed by atoms with Crippen molar-refractivity contribution in [1.82, 2.24) is 0 Å². The second-order valence-corrected chi connectivity index (χ2v) is 3.51. The molecule has 2 N–H and O–H groups in total. The zero-order valence-corrected chi connectivity index (χ0v) is 8.73. The molecule has 0 saturated carbocycles. The summed E-state index contributed by atoms with van der Waals surface area (Å²) in [4.78, 5) is 0. The van der Waals surface area contributed by atoms with Gasteiger partial charge in [-0.15, -0.1) is 0 Å². The summed E-state index contributed by atoms with van der Waals surface area (Å²) in [5.74, 6) is 1.44. The summed E-state index contributed by atoms with van der Waals surface area (Å²) in [5.41, 5.74) is 6.43. The number of benzene rings is 1. The minimum atomic E-state index is 0.126. The zero-order chi connectivity index (χ0) is 10.7. The van der Waals surface area contributed by atoms with Crippen LogP contribution in [0.1, 0.15) is 6.42 Å². The molecule has 1 fully saturated rings. The second kappa shape index (κ2) is 4.40. The van der Waals surface area contributed by atoms with E-state index in [0.29, 0.717) is 18.0 Å². The Morgan fingerprint density at radius 1 is 1.47 bits per heavy atom. The average Bonchev–Trinajstić information content (AvgIpc) is 2.74. The Morgan fingerprint density at radius 3 is 2.93 bits per heavy atom. The molecule has 0 aliphatic carbocycles. The fourth-order valence-corrected chi connectivity index (χ4v) is 1.55. The Hall–Kier alpha value is -1.42. The largest absolute Gasteiger partial charge is 0.497 e. The van der Waals surface area contributed by atoms with E-state index in [1.165, 1.54) is 0 Å². The zero-order valence-electron chi connectivity index (χ0n) is 8.73. The lowest BCUT2D eigenvalue weighted by Gasteiger charge is -2.14. The molecule has 4 nitrogen and oxygen atoms in total. The second-order valence-electron chi connectivity index (χ2n) is 3.51. The van der Waals surface area contributed by atoms with Crippen LogP contribution in [-0.2, 0) is 4.74 Å². The molecule has 0 amide bonds. The lowest BCUT2D eigenvalue weighted by atomic mass is 10.2. The quantitative estimate of drug-likeness (QED) is 0.765. The Bertz CT molecular complexity index is 335. The highest BCUT2D eigenvalue weighted by atomic mass is 16.5. The van der Waals surface area contributed by atoms with Gasteiger partial charge in [-0.25, -0.2) is 0 Å². The van der Waals surface area contributed by atoms with E-state index in [1.807, 2.05) is 12.1 Å². The number of hydrogen-bond donors (Lipinski definition) is 1. The molecule has 1 aromatic carbocycles. The van der Waals surface area contributed by atoms with Gasteiger partial charge >= 0.3 is 0 Å². The molecule has 82 valence electrons. The third-order valence-electron chi connectivity index (χ3n) is 2.40. The maximum absolute atomic E-state index is 5.83. The summed E-state index contributed by atoms with van der Waals surface area (Å²) in [6.07, 6.45) is 1.05. The van der Waals surface area contributed by atoms with Crippen molar-refractivity contribution in [3.05, 3.63) is 18.2 Å². The molecule has 1 aliphatic rings. The fraction of sp³-hybridized carbons (Fsp3) is 0.455. The fourth-order valence-electron chi connectivity index (χ4n) is 1.55. The van der Waals surface area contributed by atoms with E-state index in [4.69, 9.17) is 19.9 Å². The number of rotatable bonds is 3. The average molecular weight is 209 g/mol. The van der Waals surface area contributed by atoms with Crippen LogP contribution >= 0.6 is 0 Å². The van der Waals surface area contributed by atoms with Crippen LogP contribution in [0.3, 0.4) is 0 Å². The van der Waals surface area contributed by atoms with Gasteiger partial charge in [-0.3, -0.25) is 0 Å². The van der Waals surface area contributed by atoms with Gasteiger partial charge < -0.3 is 19.9 Å². The lowest BCUT2D eigenvalue weighted by Crippen LogP contribution is -2.16. The molecule has 1 aromatic rings. The van der Waals surface area contributed by atoms with Gasteiger partial charge in [-0.2, -0.15) is 0 Å². The van der Waals surface area contributed by atoms with Crippen molar-refractivity contribution in [3.8, 4) is 11.5 Å². The summed E-state index contributed by atoms with van der Waals surface area (Å²) < 4.78 is 16.0. The van der Waals surface area contributed by atoms with Gasteiger partial charge in [0.25, 0.3) is 0 Å². The molecule has 4 heteroatoms. The monoisotopic (exact) mass is 209 g/mol. The van der Waals surface area contributed by atoms with Crippen LogP contribution in [0.4, 0.5) is 5.69 Å². The SMILES string of the molecule is COc1ccc(O[C@H]2CCOC2)c(N)c1. The van der Waals surface area contributed by atoms with Gasteiger partial charge in [0.05, 0.1) is 26.0 Å². The van der Waals surface area contributed by atoms with E-state index in [2.05, 4.69) is 0 Å². The Morgan fingerprint density at radius 2 is 2.33 bits per heavy atom. The van der Waals surface area contributed by atoms with E-state index >= 15 is 0 Å². The molecule has 1 aliphatic heterocycles. The maximum Gasteiger partial charge on any atom is 0.143 e. The smallest absolute Gasteiger partial charge is 0.143 e. The van der Waals surface area contributed by atoms with Crippen LogP contribution in [0.15, 0.2) is 18.2 Å². The van der Waals surface area contributed by atoms with E-state index in [-0.39, 0.29) is 6.10 Å². The van der Waals surface area contributed by atoms with E-state index in [0.717, 1.165) is 18.8 Å². The molecule has 15 heavy (non-hydrogen) atoms. The first-order valence-electron chi connectivity index (χ1n) is 4.97. The first-order chi connectivity index (χ1) is 7.29. The molecule has 0 unspecified atom stereocenters. The summed E-state index contributed by atoms with van der Waals surface area (Å²) in [5, 5.41) is 0. The van der Waals surface area contributed by atoms with Crippen LogP contribution in [0, 0.1) is 0 Å². The molecule has 1 heterocycles. The number of hydrogen-bond acceptors (Lipinski definition) is 4. The normalized spacial score (nSPS) is 20.2. The van der Waals surface area contributed by atoms with Crippen LogP contribution < -0.4 is 15.2 Å². The van der Waals surface area contributed by atoms with Gasteiger partial charge in [-0.05, 0) is 12.1 Å². The standard InChI is InChI=1S/C11H15NO3/c1-13-8-2-3-11(10(12)6-8)15-9-4-5-14-7-9/h2-3,6,9H,4-5,7,12H2,1H3/t9-/m0/s1. The summed E-state index contributed by atoms with van der Waals surface area (Å²) >= 11 is 0. The molecule has 2 rings (SSSR count). The van der Waals surface area contributed by atoms with E-state index in [9.17, 15) is 0 Å².